The van der Waals surface area contributed by atoms with E-state index in [0.29, 0.717) is 16.5 Å². The van der Waals surface area contributed by atoms with Crippen molar-refractivity contribution in [3.63, 3.8) is 0 Å². The minimum atomic E-state index is 0.122. The van der Waals surface area contributed by atoms with E-state index in [1.165, 1.54) is 30.8 Å². The molecule has 0 amide bonds. The van der Waals surface area contributed by atoms with Crippen LogP contribution in [0.2, 0.25) is 5.02 Å². The quantitative estimate of drug-likeness (QED) is 0.736. The monoisotopic (exact) mass is 335 g/mol. The first kappa shape index (κ1) is 16.5. The Hall–Kier alpha value is -1.36. The molecule has 0 radical (unpaired) electrons. The van der Waals surface area contributed by atoms with Crippen LogP contribution in [-0.4, -0.2) is 38.2 Å². The maximum atomic E-state index is 12.9. The topological polar surface area (TPSA) is 41.7 Å². The first-order valence-electron chi connectivity index (χ1n) is 8.40. The molecule has 1 unspecified atom stereocenters. The van der Waals surface area contributed by atoms with Gasteiger partial charge in [0.25, 0.3) is 0 Å². The number of quaternary nitrogens is 2. The summed E-state index contributed by atoms with van der Waals surface area (Å²) < 4.78 is 0. The minimum absolute atomic E-state index is 0.122. The Morgan fingerprint density at radius 3 is 2.74 bits per heavy atom. The average molecular weight is 336 g/mol. The smallest absolute Gasteiger partial charge is 0.198 e. The van der Waals surface area contributed by atoms with Gasteiger partial charge in [0.1, 0.15) is 6.54 Å². The van der Waals surface area contributed by atoms with Gasteiger partial charge >= 0.3 is 0 Å². The Bertz CT molecular complexity index is 763. The number of hydrogen-bond donors (Lipinski definition) is 3. The van der Waals surface area contributed by atoms with Crippen molar-refractivity contribution in [1.82, 2.24) is 4.98 Å². The maximum Gasteiger partial charge on any atom is 0.198 e. The summed E-state index contributed by atoms with van der Waals surface area (Å²) in [6.45, 7) is 5.22. The lowest BCUT2D eigenvalue weighted by Gasteiger charge is -2.30. The fraction of sp³-hybridized carbons (Fsp3) is 0.500. The zero-order chi connectivity index (χ0) is 16.6. The van der Waals surface area contributed by atoms with Crippen LogP contribution in [-0.2, 0) is 6.54 Å². The van der Waals surface area contributed by atoms with Crippen LogP contribution in [0, 0.1) is 6.92 Å². The molecule has 1 aromatic heterocycles. The summed E-state index contributed by atoms with van der Waals surface area (Å²) in [4.78, 5) is 19.3. The Labute approximate surface area is 142 Å². The molecule has 1 fully saturated rings. The van der Waals surface area contributed by atoms with Crippen molar-refractivity contribution < 1.29 is 9.80 Å². The van der Waals surface area contributed by atoms with Crippen LogP contribution in [0.1, 0.15) is 24.1 Å². The number of hydrogen-bond acceptors (Lipinski definition) is 1. The van der Waals surface area contributed by atoms with Crippen molar-refractivity contribution in [3.8, 4) is 0 Å². The zero-order valence-corrected chi connectivity index (χ0v) is 14.9. The lowest BCUT2D eigenvalue weighted by atomic mass is 10.0. The largest absolute Gasteiger partial charge is 0.358 e. The SMILES string of the molecule is Cc1[nH]c2ccc(Cl)cc2c(=O)c1C[NH+](C)C1CC[NH+](C)CC1. The third kappa shape index (κ3) is 3.44. The van der Waals surface area contributed by atoms with E-state index in [4.69, 9.17) is 11.6 Å². The van der Waals surface area contributed by atoms with E-state index in [0.717, 1.165) is 23.3 Å². The van der Waals surface area contributed by atoms with Crippen LogP contribution >= 0.6 is 11.6 Å². The van der Waals surface area contributed by atoms with Gasteiger partial charge in [-0.2, -0.15) is 0 Å². The normalized spacial score (nSPS) is 23.1. The third-order valence-corrected chi connectivity index (χ3v) is 5.50. The van der Waals surface area contributed by atoms with Gasteiger partial charge < -0.3 is 14.8 Å². The van der Waals surface area contributed by atoms with Crippen LogP contribution in [0.25, 0.3) is 10.9 Å². The number of halogens is 1. The summed E-state index contributed by atoms with van der Waals surface area (Å²) in [7, 11) is 4.47. The molecule has 5 heteroatoms. The van der Waals surface area contributed by atoms with Crippen LogP contribution < -0.4 is 15.2 Å². The Morgan fingerprint density at radius 1 is 1.35 bits per heavy atom. The van der Waals surface area contributed by atoms with Gasteiger partial charge in [-0.1, -0.05) is 11.6 Å². The Balaban J connectivity index is 1.89. The average Bonchev–Trinajstić information content (AvgIpc) is 2.53. The van der Waals surface area contributed by atoms with Gasteiger partial charge in [-0.15, -0.1) is 0 Å². The van der Waals surface area contributed by atoms with Crippen molar-refractivity contribution >= 4 is 22.5 Å². The lowest BCUT2D eigenvalue weighted by molar-refractivity contribution is -0.948. The van der Waals surface area contributed by atoms with Crippen LogP contribution in [0.15, 0.2) is 23.0 Å². The Morgan fingerprint density at radius 2 is 2.04 bits per heavy atom. The highest BCUT2D eigenvalue weighted by molar-refractivity contribution is 6.31. The number of H-pyrrole nitrogens is 1. The molecule has 4 nitrogen and oxygen atoms in total. The number of aromatic amines is 1. The number of aromatic nitrogens is 1. The van der Waals surface area contributed by atoms with E-state index in [9.17, 15) is 4.79 Å². The summed E-state index contributed by atoms with van der Waals surface area (Å²) in [5.74, 6) is 0. The highest BCUT2D eigenvalue weighted by Crippen LogP contribution is 2.16. The molecule has 124 valence electrons. The summed E-state index contributed by atoms with van der Waals surface area (Å²) in [5.41, 5.74) is 2.85. The van der Waals surface area contributed by atoms with Gasteiger partial charge in [-0.05, 0) is 25.1 Å². The van der Waals surface area contributed by atoms with Crippen molar-refractivity contribution in [2.24, 2.45) is 0 Å². The molecule has 2 aromatic rings. The first-order chi connectivity index (χ1) is 11.0. The number of nitrogens with one attached hydrogen (secondary N) is 3. The lowest BCUT2D eigenvalue weighted by Crippen LogP contribution is -3.17. The molecule has 1 saturated heterocycles. The molecular formula is C18H26ClN3O+2. The second-order valence-electron chi connectivity index (χ2n) is 7.00. The molecule has 0 aliphatic carbocycles. The van der Waals surface area contributed by atoms with Crippen molar-refractivity contribution in [3.05, 3.63) is 44.7 Å². The molecule has 1 atom stereocenters. The van der Waals surface area contributed by atoms with E-state index in [2.05, 4.69) is 19.1 Å². The summed E-state index contributed by atoms with van der Waals surface area (Å²) in [5, 5.41) is 1.30. The molecule has 1 aromatic carbocycles. The number of piperidine rings is 1. The van der Waals surface area contributed by atoms with Gasteiger partial charge in [0.2, 0.25) is 0 Å². The van der Waals surface area contributed by atoms with Gasteiger partial charge in [0, 0.05) is 34.5 Å². The number of likely N-dealkylation sites (tertiary alicyclic amines) is 1. The van der Waals surface area contributed by atoms with E-state index in [1.807, 2.05) is 19.1 Å². The van der Waals surface area contributed by atoms with Gasteiger partial charge in [-0.25, -0.2) is 0 Å². The predicted octanol–water partition coefficient (Wildman–Crippen LogP) is 0.182. The summed E-state index contributed by atoms with van der Waals surface area (Å²) >= 11 is 6.06. The molecule has 23 heavy (non-hydrogen) atoms. The van der Waals surface area contributed by atoms with Crippen molar-refractivity contribution in [2.75, 3.05) is 27.2 Å². The number of aryl methyl sites for hydroxylation is 1. The standard InChI is InChI=1S/C18H24ClN3O/c1-12-16(11-22(3)14-6-8-21(2)9-7-14)18(23)15-10-13(19)4-5-17(15)20-12/h4-5,10,14H,6-9,11H2,1-3H3,(H,20,23)/p+2. The number of rotatable bonds is 3. The first-order valence-corrected chi connectivity index (χ1v) is 8.78. The number of fused-ring (bicyclic) bond motifs is 1. The molecule has 0 bridgehead atoms. The fourth-order valence-electron chi connectivity index (χ4n) is 3.66. The Kier molecular flexibility index (Phi) is 4.76. The van der Waals surface area contributed by atoms with Gasteiger partial charge in [0.05, 0.1) is 38.8 Å². The van der Waals surface area contributed by atoms with E-state index >= 15 is 0 Å². The van der Waals surface area contributed by atoms with E-state index in [-0.39, 0.29) is 5.43 Å². The summed E-state index contributed by atoms with van der Waals surface area (Å²) in [6, 6.07) is 6.11. The molecule has 3 N–H and O–H groups in total. The fourth-order valence-corrected chi connectivity index (χ4v) is 3.84. The summed E-state index contributed by atoms with van der Waals surface area (Å²) in [6.07, 6.45) is 2.46. The molecule has 0 spiro atoms. The van der Waals surface area contributed by atoms with E-state index in [1.54, 1.807) is 11.0 Å². The molecule has 1 aliphatic rings. The molecule has 1 aliphatic heterocycles. The van der Waals surface area contributed by atoms with Crippen molar-refractivity contribution in [2.45, 2.75) is 32.4 Å². The van der Waals surface area contributed by atoms with Crippen LogP contribution in [0.3, 0.4) is 0 Å². The predicted molar refractivity (Wildman–Crippen MR) is 94.5 cm³/mol. The molecule has 0 saturated carbocycles. The third-order valence-electron chi connectivity index (χ3n) is 5.27. The highest BCUT2D eigenvalue weighted by atomic mass is 35.5. The molecule has 2 heterocycles. The zero-order valence-electron chi connectivity index (χ0n) is 14.1. The molecular weight excluding hydrogens is 310 g/mol. The van der Waals surface area contributed by atoms with Crippen LogP contribution in [0.5, 0.6) is 0 Å². The number of pyridine rings is 1. The minimum Gasteiger partial charge on any atom is -0.358 e. The van der Waals surface area contributed by atoms with Gasteiger partial charge in [-0.3, -0.25) is 4.79 Å². The number of benzene rings is 1. The van der Waals surface area contributed by atoms with Crippen LogP contribution in [0.4, 0.5) is 0 Å². The highest BCUT2D eigenvalue weighted by Gasteiger charge is 2.27. The van der Waals surface area contributed by atoms with Gasteiger partial charge in [0.15, 0.2) is 5.43 Å². The van der Waals surface area contributed by atoms with Crippen molar-refractivity contribution in [1.29, 1.82) is 0 Å². The molecule has 3 rings (SSSR count). The second-order valence-corrected chi connectivity index (χ2v) is 7.44. The van der Waals surface area contributed by atoms with E-state index < -0.39 is 0 Å². The second kappa shape index (κ2) is 6.63. The maximum absolute atomic E-state index is 12.9.